The Kier molecular flexibility index (Phi) is 5.12. The number of hydrogen-bond donors (Lipinski definition) is 0. The maximum absolute atomic E-state index is 11.0. The van der Waals surface area contributed by atoms with Crippen molar-refractivity contribution in [1.82, 2.24) is 4.90 Å². The average Bonchev–Trinajstić information content (AvgIpc) is 2.15. The molecule has 1 saturated carbocycles. The molecule has 0 bridgehead atoms. The minimum atomic E-state index is 0.342. The molecule has 0 heterocycles. The van der Waals surface area contributed by atoms with Crippen LogP contribution < -0.4 is 0 Å². The highest BCUT2D eigenvalue weighted by Crippen LogP contribution is 2.17. The van der Waals surface area contributed by atoms with Gasteiger partial charge in [-0.3, -0.25) is 4.79 Å². The fourth-order valence-corrected chi connectivity index (χ4v) is 1.71. The topological polar surface area (TPSA) is 29.5 Å². The first-order valence-electron chi connectivity index (χ1n) is 5.46. The predicted octanol–water partition coefficient (Wildman–Crippen LogP) is 1.47. The van der Waals surface area contributed by atoms with Crippen LogP contribution in [0, 0.1) is 0 Å². The van der Waals surface area contributed by atoms with E-state index in [1.165, 1.54) is 0 Å². The summed E-state index contributed by atoms with van der Waals surface area (Å²) in [4.78, 5) is 13.1. The molecular formula is C11H21NO2. The molecule has 0 amide bonds. The van der Waals surface area contributed by atoms with E-state index in [1.54, 1.807) is 0 Å². The van der Waals surface area contributed by atoms with Gasteiger partial charge in [0.2, 0.25) is 0 Å². The lowest BCUT2D eigenvalue weighted by atomic mass is 9.96. The Bertz CT molecular complexity index is 170. The van der Waals surface area contributed by atoms with E-state index in [-0.39, 0.29) is 0 Å². The molecule has 0 aliphatic heterocycles. The van der Waals surface area contributed by atoms with Gasteiger partial charge in [-0.15, -0.1) is 0 Å². The number of carbonyl (C=O) groups excluding carboxylic acids is 1. The highest BCUT2D eigenvalue weighted by atomic mass is 16.5. The summed E-state index contributed by atoms with van der Waals surface area (Å²) in [6.45, 7) is 1.91. The van der Waals surface area contributed by atoms with Gasteiger partial charge in [0.15, 0.2) is 0 Å². The first-order chi connectivity index (χ1) is 6.68. The van der Waals surface area contributed by atoms with Gasteiger partial charge in [0.1, 0.15) is 5.78 Å². The molecule has 1 aliphatic rings. The lowest BCUT2D eigenvalue weighted by Gasteiger charge is -2.21. The van der Waals surface area contributed by atoms with Crippen molar-refractivity contribution < 1.29 is 9.53 Å². The molecule has 0 unspecified atom stereocenters. The largest absolute Gasteiger partial charge is 0.378 e. The molecule has 1 rings (SSSR count). The summed E-state index contributed by atoms with van der Waals surface area (Å²) in [5, 5.41) is 0. The third-order valence-corrected chi connectivity index (χ3v) is 2.59. The molecule has 0 aromatic carbocycles. The van der Waals surface area contributed by atoms with Crippen LogP contribution >= 0.6 is 0 Å². The zero-order valence-corrected chi connectivity index (χ0v) is 9.29. The monoisotopic (exact) mass is 199 g/mol. The highest BCUT2D eigenvalue weighted by molar-refractivity contribution is 5.79. The van der Waals surface area contributed by atoms with Crippen LogP contribution in [0.3, 0.4) is 0 Å². The fraction of sp³-hybridized carbons (Fsp3) is 0.909. The van der Waals surface area contributed by atoms with Gasteiger partial charge in [0, 0.05) is 19.4 Å². The van der Waals surface area contributed by atoms with Gasteiger partial charge in [0.25, 0.3) is 0 Å². The summed E-state index contributed by atoms with van der Waals surface area (Å²) >= 11 is 0. The Balaban J connectivity index is 1.99. The van der Waals surface area contributed by atoms with Crippen molar-refractivity contribution in [3.8, 4) is 0 Å². The molecule has 14 heavy (non-hydrogen) atoms. The number of ether oxygens (including phenoxy) is 1. The van der Waals surface area contributed by atoms with Crippen molar-refractivity contribution in [3.05, 3.63) is 0 Å². The van der Waals surface area contributed by atoms with Crippen molar-refractivity contribution >= 4 is 5.78 Å². The van der Waals surface area contributed by atoms with E-state index in [2.05, 4.69) is 19.0 Å². The van der Waals surface area contributed by atoms with Crippen LogP contribution in [-0.4, -0.2) is 44.0 Å². The number of nitrogens with zero attached hydrogens (tertiary/aromatic N) is 1. The van der Waals surface area contributed by atoms with Crippen LogP contribution in [0.15, 0.2) is 0 Å². The van der Waals surface area contributed by atoms with Crippen LogP contribution in [0.1, 0.15) is 32.1 Å². The van der Waals surface area contributed by atoms with E-state index >= 15 is 0 Å². The Morgan fingerprint density at radius 2 is 2.00 bits per heavy atom. The van der Waals surface area contributed by atoms with Crippen LogP contribution in [0.5, 0.6) is 0 Å². The van der Waals surface area contributed by atoms with E-state index in [9.17, 15) is 4.79 Å². The lowest BCUT2D eigenvalue weighted by molar-refractivity contribution is -0.123. The van der Waals surface area contributed by atoms with Gasteiger partial charge < -0.3 is 9.64 Å². The molecule has 0 aromatic heterocycles. The zero-order chi connectivity index (χ0) is 10.4. The summed E-state index contributed by atoms with van der Waals surface area (Å²) in [6, 6.07) is 0. The summed E-state index contributed by atoms with van der Waals surface area (Å²) in [5.41, 5.74) is 0. The molecular weight excluding hydrogens is 178 g/mol. The third kappa shape index (κ3) is 4.72. The molecule has 0 aromatic rings. The standard InChI is InChI=1S/C11H21NO2/c1-12(2)8-3-9-14-11-6-4-10(13)5-7-11/h11H,3-9H2,1-2H3. The van der Waals surface area contributed by atoms with Gasteiger partial charge >= 0.3 is 0 Å². The molecule has 1 aliphatic carbocycles. The predicted molar refractivity (Wildman–Crippen MR) is 56.4 cm³/mol. The van der Waals surface area contributed by atoms with Crippen LogP contribution in [0.25, 0.3) is 0 Å². The first-order valence-corrected chi connectivity index (χ1v) is 5.46. The number of ketones is 1. The molecule has 1 fully saturated rings. The number of Topliss-reactive ketones (excluding diaryl/α,β-unsaturated/α-hetero) is 1. The maximum atomic E-state index is 11.0. The minimum Gasteiger partial charge on any atom is -0.378 e. The SMILES string of the molecule is CN(C)CCCOC1CCC(=O)CC1. The van der Waals surface area contributed by atoms with Crippen molar-refractivity contribution in [2.75, 3.05) is 27.2 Å². The van der Waals surface area contributed by atoms with E-state index in [0.717, 1.165) is 45.3 Å². The normalized spacial score (nSPS) is 19.2. The second-order valence-electron chi connectivity index (χ2n) is 4.27. The Morgan fingerprint density at radius 1 is 1.36 bits per heavy atom. The average molecular weight is 199 g/mol. The fourth-order valence-electron chi connectivity index (χ4n) is 1.71. The number of rotatable bonds is 5. The Labute approximate surface area is 86.4 Å². The molecule has 0 atom stereocenters. The van der Waals surface area contributed by atoms with Crippen LogP contribution in [-0.2, 0) is 9.53 Å². The summed E-state index contributed by atoms with van der Waals surface area (Å²) in [7, 11) is 4.14. The van der Waals surface area contributed by atoms with Crippen molar-refractivity contribution in [3.63, 3.8) is 0 Å². The second kappa shape index (κ2) is 6.14. The van der Waals surface area contributed by atoms with Crippen LogP contribution in [0.2, 0.25) is 0 Å². The molecule has 0 N–H and O–H groups in total. The molecule has 3 heteroatoms. The van der Waals surface area contributed by atoms with E-state index in [1.807, 2.05) is 0 Å². The first kappa shape index (κ1) is 11.7. The van der Waals surface area contributed by atoms with E-state index in [4.69, 9.17) is 4.74 Å². The smallest absolute Gasteiger partial charge is 0.133 e. The number of hydrogen-bond acceptors (Lipinski definition) is 3. The van der Waals surface area contributed by atoms with E-state index < -0.39 is 0 Å². The molecule has 82 valence electrons. The van der Waals surface area contributed by atoms with Gasteiger partial charge in [-0.05, 0) is 39.9 Å². The third-order valence-electron chi connectivity index (χ3n) is 2.59. The van der Waals surface area contributed by atoms with Gasteiger partial charge in [-0.2, -0.15) is 0 Å². The Hall–Kier alpha value is -0.410. The zero-order valence-electron chi connectivity index (χ0n) is 9.29. The minimum absolute atomic E-state index is 0.342. The lowest BCUT2D eigenvalue weighted by Crippen LogP contribution is -2.23. The summed E-state index contributed by atoms with van der Waals surface area (Å²) in [5.74, 6) is 0.401. The number of carbonyl (C=O) groups is 1. The summed E-state index contributed by atoms with van der Waals surface area (Å²) in [6.07, 6.45) is 4.73. The molecule has 0 saturated heterocycles. The quantitative estimate of drug-likeness (QED) is 0.628. The van der Waals surface area contributed by atoms with Crippen molar-refractivity contribution in [2.45, 2.75) is 38.2 Å². The van der Waals surface area contributed by atoms with Crippen molar-refractivity contribution in [2.24, 2.45) is 0 Å². The second-order valence-corrected chi connectivity index (χ2v) is 4.27. The van der Waals surface area contributed by atoms with Crippen molar-refractivity contribution in [1.29, 1.82) is 0 Å². The molecule has 0 radical (unpaired) electrons. The van der Waals surface area contributed by atoms with E-state index in [0.29, 0.717) is 11.9 Å². The maximum Gasteiger partial charge on any atom is 0.133 e. The van der Waals surface area contributed by atoms with Crippen LogP contribution in [0.4, 0.5) is 0 Å². The van der Waals surface area contributed by atoms with Gasteiger partial charge in [-0.25, -0.2) is 0 Å². The summed E-state index contributed by atoms with van der Waals surface area (Å²) < 4.78 is 5.70. The van der Waals surface area contributed by atoms with Gasteiger partial charge in [-0.1, -0.05) is 0 Å². The molecule has 0 spiro atoms. The highest BCUT2D eigenvalue weighted by Gasteiger charge is 2.18. The Morgan fingerprint density at radius 3 is 2.57 bits per heavy atom. The van der Waals surface area contributed by atoms with Gasteiger partial charge in [0.05, 0.1) is 6.10 Å². The molecule has 3 nitrogen and oxygen atoms in total.